The van der Waals surface area contributed by atoms with Gasteiger partial charge in [-0.3, -0.25) is 0 Å². The van der Waals surface area contributed by atoms with Crippen molar-refractivity contribution < 1.29 is 9.31 Å². The van der Waals surface area contributed by atoms with Crippen molar-refractivity contribution in [2.75, 3.05) is 5.88 Å². The second kappa shape index (κ2) is 5.62. The second-order valence-corrected chi connectivity index (χ2v) is 5.72. The van der Waals surface area contributed by atoms with E-state index in [1.165, 1.54) is 0 Å². The summed E-state index contributed by atoms with van der Waals surface area (Å²) in [5.74, 6) is 0.647. The van der Waals surface area contributed by atoms with E-state index < -0.39 is 0 Å². The molecule has 0 spiro atoms. The third-order valence-electron chi connectivity index (χ3n) is 3.45. The fraction of sp³-hybridized carbons (Fsp3) is 0.769. The Morgan fingerprint density at radius 2 is 1.76 bits per heavy atom. The van der Waals surface area contributed by atoms with Crippen molar-refractivity contribution in [2.24, 2.45) is 0 Å². The molecule has 0 aliphatic carbocycles. The molecule has 0 atom stereocenters. The average Bonchev–Trinajstić information content (AvgIpc) is 2.43. The first-order valence-corrected chi connectivity index (χ1v) is 6.69. The third-order valence-corrected chi connectivity index (χ3v) is 3.71. The van der Waals surface area contributed by atoms with Crippen LogP contribution in [-0.4, -0.2) is 24.2 Å². The van der Waals surface area contributed by atoms with Gasteiger partial charge in [-0.1, -0.05) is 0 Å². The molecule has 0 aromatic heterocycles. The molecule has 0 N–H and O–H groups in total. The van der Waals surface area contributed by atoms with Gasteiger partial charge < -0.3 is 9.31 Å². The third kappa shape index (κ3) is 3.39. The summed E-state index contributed by atoms with van der Waals surface area (Å²) < 4.78 is 12.0. The van der Waals surface area contributed by atoms with Gasteiger partial charge in [0.05, 0.1) is 11.2 Å². The molecule has 1 aliphatic heterocycles. The first kappa shape index (κ1) is 14.9. The van der Waals surface area contributed by atoms with Gasteiger partial charge in [0, 0.05) is 11.4 Å². The number of halogens is 1. The molecule has 1 saturated heterocycles. The molecular formula is C13H22BClO2. The minimum atomic E-state index is -0.292. The predicted octanol–water partition coefficient (Wildman–Crippen LogP) is 3.74. The van der Waals surface area contributed by atoms with Crippen LogP contribution in [-0.2, 0) is 9.31 Å². The largest absolute Gasteiger partial charge is 0.498 e. The second-order valence-electron chi connectivity index (χ2n) is 5.34. The summed E-state index contributed by atoms with van der Waals surface area (Å²) in [5.41, 5.74) is 3.68. The molecular weight excluding hydrogens is 234 g/mol. The minimum Gasteiger partial charge on any atom is -0.399 e. The Morgan fingerprint density at radius 3 is 2.18 bits per heavy atom. The zero-order valence-corrected chi connectivity index (χ0v) is 12.2. The van der Waals surface area contributed by atoms with Crippen LogP contribution in [0, 0.1) is 0 Å². The molecule has 2 nitrogen and oxygen atoms in total. The summed E-state index contributed by atoms with van der Waals surface area (Å²) in [6, 6.07) is 0. The molecule has 1 fully saturated rings. The van der Waals surface area contributed by atoms with Gasteiger partial charge >= 0.3 is 7.12 Å². The lowest BCUT2D eigenvalue weighted by Crippen LogP contribution is -2.41. The maximum absolute atomic E-state index is 5.99. The van der Waals surface area contributed by atoms with Crippen molar-refractivity contribution in [1.29, 1.82) is 0 Å². The van der Waals surface area contributed by atoms with Crippen LogP contribution in [0.15, 0.2) is 17.3 Å². The lowest BCUT2D eigenvalue weighted by atomic mass is 9.76. The molecule has 0 radical (unpaired) electrons. The Hall–Kier alpha value is -0.205. The molecule has 4 heteroatoms. The van der Waals surface area contributed by atoms with Gasteiger partial charge in [0.2, 0.25) is 0 Å². The Labute approximate surface area is 110 Å². The van der Waals surface area contributed by atoms with Crippen LogP contribution in [0.4, 0.5) is 0 Å². The first-order chi connectivity index (χ1) is 7.84. The van der Waals surface area contributed by atoms with E-state index in [1.54, 1.807) is 0 Å². The summed E-state index contributed by atoms with van der Waals surface area (Å²) in [6.45, 7) is 10.2. The number of hydrogen-bond donors (Lipinski definition) is 0. The van der Waals surface area contributed by atoms with Crippen molar-refractivity contribution in [1.82, 2.24) is 0 Å². The normalized spacial score (nSPS) is 21.2. The standard InChI is InChI=1S/C13H22BClO2/c1-6-8-11(9-7-10-15)14-16-12(2,3)13(4,5)17-14/h6H,7,9-10H2,1-5H3. The van der Waals surface area contributed by atoms with E-state index in [-0.39, 0.29) is 18.3 Å². The fourth-order valence-electron chi connectivity index (χ4n) is 1.69. The summed E-state index contributed by atoms with van der Waals surface area (Å²) in [6.07, 6.45) is 3.68. The maximum atomic E-state index is 5.99. The first-order valence-electron chi connectivity index (χ1n) is 6.16. The molecule has 1 heterocycles. The van der Waals surface area contributed by atoms with Gasteiger partial charge in [-0.05, 0) is 53.5 Å². The number of hydrogen-bond acceptors (Lipinski definition) is 2. The zero-order chi connectivity index (χ0) is 13.1. The zero-order valence-electron chi connectivity index (χ0n) is 11.5. The summed E-state index contributed by atoms with van der Waals surface area (Å²) >= 11 is 5.73. The fourth-order valence-corrected chi connectivity index (χ4v) is 1.82. The molecule has 0 saturated carbocycles. The van der Waals surface area contributed by atoms with E-state index in [0.717, 1.165) is 18.3 Å². The van der Waals surface area contributed by atoms with Crippen LogP contribution >= 0.6 is 11.6 Å². The van der Waals surface area contributed by atoms with Crippen LogP contribution in [0.25, 0.3) is 0 Å². The van der Waals surface area contributed by atoms with Crippen molar-refractivity contribution in [3.8, 4) is 0 Å². The van der Waals surface area contributed by atoms with Crippen LogP contribution in [0.2, 0.25) is 0 Å². The summed E-state index contributed by atoms with van der Waals surface area (Å²) in [4.78, 5) is 0. The van der Waals surface area contributed by atoms with E-state index in [2.05, 4.69) is 33.4 Å². The Bertz CT molecular complexity index is 314. The van der Waals surface area contributed by atoms with Gasteiger partial charge in [0.15, 0.2) is 0 Å². The van der Waals surface area contributed by atoms with Crippen LogP contribution in [0.5, 0.6) is 0 Å². The van der Waals surface area contributed by atoms with Crippen LogP contribution in [0.3, 0.4) is 0 Å². The summed E-state index contributed by atoms with van der Waals surface area (Å²) in [5, 5.41) is 0. The van der Waals surface area contributed by atoms with Gasteiger partial charge in [-0.15, -0.1) is 17.3 Å². The quantitative estimate of drug-likeness (QED) is 0.433. The monoisotopic (exact) mass is 256 g/mol. The molecule has 1 rings (SSSR count). The lowest BCUT2D eigenvalue weighted by molar-refractivity contribution is 0.00578. The molecule has 0 aromatic carbocycles. The van der Waals surface area contributed by atoms with Crippen LogP contribution < -0.4 is 0 Å². The van der Waals surface area contributed by atoms with Crippen LogP contribution in [0.1, 0.15) is 47.5 Å². The number of rotatable bonds is 4. The van der Waals surface area contributed by atoms with E-state index in [0.29, 0.717) is 5.88 Å². The van der Waals surface area contributed by atoms with E-state index in [4.69, 9.17) is 20.9 Å². The molecule has 0 unspecified atom stereocenters. The predicted molar refractivity (Wildman–Crippen MR) is 73.3 cm³/mol. The van der Waals surface area contributed by atoms with Gasteiger partial charge in [-0.2, -0.15) is 0 Å². The maximum Gasteiger partial charge on any atom is 0.498 e. The van der Waals surface area contributed by atoms with Crippen molar-refractivity contribution in [3.05, 3.63) is 17.3 Å². The van der Waals surface area contributed by atoms with Crippen molar-refractivity contribution in [3.63, 3.8) is 0 Å². The van der Waals surface area contributed by atoms with E-state index in [1.807, 2.05) is 13.0 Å². The minimum absolute atomic E-state index is 0.292. The molecule has 0 bridgehead atoms. The highest BCUT2D eigenvalue weighted by atomic mass is 35.5. The Kier molecular flexibility index (Phi) is 4.91. The van der Waals surface area contributed by atoms with Gasteiger partial charge in [0.25, 0.3) is 0 Å². The summed E-state index contributed by atoms with van der Waals surface area (Å²) in [7, 11) is -0.292. The average molecular weight is 257 g/mol. The molecule has 96 valence electrons. The highest BCUT2D eigenvalue weighted by molar-refractivity contribution is 6.54. The highest BCUT2D eigenvalue weighted by Crippen LogP contribution is 2.39. The van der Waals surface area contributed by atoms with Crippen molar-refractivity contribution >= 4 is 18.7 Å². The van der Waals surface area contributed by atoms with Crippen molar-refractivity contribution in [2.45, 2.75) is 58.7 Å². The smallest absolute Gasteiger partial charge is 0.399 e. The number of allylic oxidation sites excluding steroid dienone is 1. The molecule has 0 aromatic rings. The highest BCUT2D eigenvalue weighted by Gasteiger charge is 2.52. The van der Waals surface area contributed by atoms with Gasteiger partial charge in [-0.25, -0.2) is 0 Å². The van der Waals surface area contributed by atoms with E-state index >= 15 is 0 Å². The Morgan fingerprint density at radius 1 is 1.24 bits per heavy atom. The molecule has 17 heavy (non-hydrogen) atoms. The number of alkyl halides is 1. The molecule has 1 aliphatic rings. The molecule has 0 amide bonds. The van der Waals surface area contributed by atoms with Gasteiger partial charge in [0.1, 0.15) is 0 Å². The lowest BCUT2D eigenvalue weighted by Gasteiger charge is -2.32. The topological polar surface area (TPSA) is 18.5 Å². The Balaban J connectivity index is 2.84. The SMILES string of the molecule is CC=C=C(CCCCl)B1OC(C)(C)C(C)(C)O1. The van der Waals surface area contributed by atoms with E-state index in [9.17, 15) is 0 Å².